The van der Waals surface area contributed by atoms with Crippen LogP contribution in [0.2, 0.25) is 0 Å². The highest BCUT2D eigenvalue weighted by atomic mass is 32.1. The number of hydrogen-bond donors (Lipinski definition) is 2. The number of aromatic hydroxyl groups is 1. The summed E-state index contributed by atoms with van der Waals surface area (Å²) in [6, 6.07) is 2.50. The largest absolute Gasteiger partial charge is 0.506 e. The predicted octanol–water partition coefficient (Wildman–Crippen LogP) is 3.55. The number of rotatable bonds is 5. The highest BCUT2D eigenvalue weighted by Crippen LogP contribution is 2.34. The van der Waals surface area contributed by atoms with E-state index in [4.69, 9.17) is 0 Å². The molecule has 2 N–H and O–H groups in total. The molecule has 1 fully saturated rings. The number of likely N-dealkylation sites (N-methyl/N-ethyl adjacent to an activating group) is 1. The third kappa shape index (κ3) is 4.25. The number of aromatic nitrogens is 3. The van der Waals surface area contributed by atoms with Crippen molar-refractivity contribution in [2.45, 2.75) is 32.2 Å². The molecule has 156 valence electrons. The highest BCUT2D eigenvalue weighted by Gasteiger charge is 2.26. The SMILES string of the molecule is Cc1cc(OC(F)F)cc(O)c1-n1cc2sc(N[C@@H]3C[C@@H](F)CN(C)C3)nc2n1. The fourth-order valence-corrected chi connectivity index (χ4v) is 4.52. The van der Waals surface area contributed by atoms with Gasteiger partial charge in [-0.1, -0.05) is 11.3 Å². The summed E-state index contributed by atoms with van der Waals surface area (Å²) < 4.78 is 45.1. The van der Waals surface area contributed by atoms with Crippen molar-refractivity contribution in [2.24, 2.45) is 0 Å². The molecule has 0 aliphatic carbocycles. The second kappa shape index (κ2) is 7.71. The second-order valence-corrected chi connectivity index (χ2v) is 8.19. The fraction of sp³-hybridized carbons (Fsp3) is 0.444. The van der Waals surface area contributed by atoms with Gasteiger partial charge in [-0.3, -0.25) is 0 Å². The first-order chi connectivity index (χ1) is 13.8. The van der Waals surface area contributed by atoms with Gasteiger partial charge in [-0.2, -0.15) is 13.8 Å². The number of phenols is 1. The van der Waals surface area contributed by atoms with E-state index in [1.165, 1.54) is 22.1 Å². The lowest BCUT2D eigenvalue weighted by Crippen LogP contribution is -2.45. The average molecular weight is 427 g/mol. The van der Waals surface area contributed by atoms with Crippen LogP contribution in [0, 0.1) is 6.92 Å². The first-order valence-corrected chi connectivity index (χ1v) is 9.84. The van der Waals surface area contributed by atoms with E-state index in [-0.39, 0.29) is 17.5 Å². The zero-order valence-corrected chi connectivity index (χ0v) is 16.6. The Morgan fingerprint density at radius 1 is 1.34 bits per heavy atom. The number of fused-ring (bicyclic) bond motifs is 1. The van der Waals surface area contributed by atoms with Crippen molar-refractivity contribution in [1.29, 1.82) is 0 Å². The summed E-state index contributed by atoms with van der Waals surface area (Å²) in [5.74, 6) is -0.352. The molecule has 1 aliphatic rings. The Kier molecular flexibility index (Phi) is 5.26. The quantitative estimate of drug-likeness (QED) is 0.649. The molecular weight excluding hydrogens is 407 g/mol. The van der Waals surface area contributed by atoms with Crippen molar-refractivity contribution in [1.82, 2.24) is 19.7 Å². The molecule has 3 aromatic rings. The van der Waals surface area contributed by atoms with Crippen molar-refractivity contribution < 1.29 is 23.0 Å². The van der Waals surface area contributed by atoms with Crippen LogP contribution in [0.15, 0.2) is 18.3 Å². The maximum Gasteiger partial charge on any atom is 0.387 e. The van der Waals surface area contributed by atoms with Gasteiger partial charge in [0, 0.05) is 31.6 Å². The van der Waals surface area contributed by atoms with Gasteiger partial charge in [-0.15, -0.1) is 5.10 Å². The normalized spacial score (nSPS) is 20.5. The predicted molar refractivity (Wildman–Crippen MR) is 104 cm³/mol. The molecule has 2 aromatic heterocycles. The van der Waals surface area contributed by atoms with E-state index in [0.29, 0.717) is 35.0 Å². The molecular formula is C18H20F3N5O2S. The number of nitrogens with one attached hydrogen (secondary N) is 1. The van der Waals surface area contributed by atoms with Gasteiger partial charge in [0.15, 0.2) is 10.8 Å². The summed E-state index contributed by atoms with van der Waals surface area (Å²) in [4.78, 5) is 6.39. The van der Waals surface area contributed by atoms with Gasteiger partial charge in [0.1, 0.15) is 23.4 Å². The lowest BCUT2D eigenvalue weighted by Gasteiger charge is -2.32. The van der Waals surface area contributed by atoms with E-state index in [9.17, 15) is 18.3 Å². The van der Waals surface area contributed by atoms with Gasteiger partial charge in [-0.25, -0.2) is 9.07 Å². The molecule has 0 unspecified atom stereocenters. The van der Waals surface area contributed by atoms with Crippen LogP contribution in [-0.2, 0) is 0 Å². The molecule has 0 amide bonds. The summed E-state index contributed by atoms with van der Waals surface area (Å²) in [6.45, 7) is -0.135. The van der Waals surface area contributed by atoms with Gasteiger partial charge >= 0.3 is 6.61 Å². The number of piperidine rings is 1. The molecule has 1 saturated heterocycles. The molecule has 0 spiro atoms. The topological polar surface area (TPSA) is 75.4 Å². The molecule has 0 bridgehead atoms. The Morgan fingerprint density at radius 3 is 2.79 bits per heavy atom. The Hall–Kier alpha value is -2.53. The number of aryl methyl sites for hydroxylation is 1. The van der Waals surface area contributed by atoms with Crippen LogP contribution in [-0.4, -0.2) is 63.7 Å². The van der Waals surface area contributed by atoms with Crippen LogP contribution in [0.25, 0.3) is 16.0 Å². The summed E-state index contributed by atoms with van der Waals surface area (Å²) >= 11 is 1.38. The van der Waals surface area contributed by atoms with Crippen molar-refractivity contribution in [3.8, 4) is 17.2 Å². The summed E-state index contributed by atoms with van der Waals surface area (Å²) in [6.07, 6.45) is 1.27. The van der Waals surface area contributed by atoms with Crippen LogP contribution in [0.5, 0.6) is 11.5 Å². The summed E-state index contributed by atoms with van der Waals surface area (Å²) in [5.41, 5.74) is 1.36. The molecule has 7 nitrogen and oxygen atoms in total. The number of thiazole rings is 1. The van der Waals surface area contributed by atoms with Gasteiger partial charge in [0.05, 0.1) is 10.9 Å². The Labute approximate surface area is 168 Å². The number of anilines is 1. The van der Waals surface area contributed by atoms with E-state index < -0.39 is 12.8 Å². The van der Waals surface area contributed by atoms with Gasteiger partial charge < -0.3 is 20.1 Å². The molecule has 1 aromatic carbocycles. The standard InChI is InChI=1S/C18H20F3N5O2S/c1-9-3-12(28-17(20)21)5-13(27)15(9)26-8-14-16(24-26)23-18(29-14)22-11-4-10(19)6-25(2)7-11/h3,5,8,10-11,17,27H,4,6-7H2,1-2H3,(H,22,23,24)/t10-,11-/m1/s1. The zero-order chi connectivity index (χ0) is 20.7. The van der Waals surface area contributed by atoms with Crippen LogP contribution >= 0.6 is 11.3 Å². The van der Waals surface area contributed by atoms with Gasteiger partial charge in [0.2, 0.25) is 0 Å². The number of alkyl halides is 3. The van der Waals surface area contributed by atoms with Crippen LogP contribution in [0.3, 0.4) is 0 Å². The fourth-order valence-electron chi connectivity index (χ4n) is 3.62. The number of nitrogens with zero attached hydrogens (tertiary/aromatic N) is 4. The van der Waals surface area contributed by atoms with Crippen molar-refractivity contribution in [2.75, 3.05) is 25.5 Å². The molecule has 11 heteroatoms. The maximum absolute atomic E-state index is 13.8. The highest BCUT2D eigenvalue weighted by molar-refractivity contribution is 7.22. The second-order valence-electron chi connectivity index (χ2n) is 7.16. The van der Waals surface area contributed by atoms with E-state index in [0.717, 1.165) is 17.3 Å². The lowest BCUT2D eigenvalue weighted by atomic mass is 10.1. The number of halogens is 3. The number of hydrogen-bond acceptors (Lipinski definition) is 7. The third-order valence-corrected chi connectivity index (χ3v) is 5.60. The molecule has 0 radical (unpaired) electrons. The van der Waals surface area contributed by atoms with E-state index in [2.05, 4.69) is 20.1 Å². The number of likely N-dealkylation sites (tertiary alicyclic amines) is 1. The van der Waals surface area contributed by atoms with Gasteiger partial charge in [0.25, 0.3) is 0 Å². The minimum Gasteiger partial charge on any atom is -0.506 e. The molecule has 0 saturated carbocycles. The molecule has 4 rings (SSSR count). The Bertz CT molecular complexity index is 960. The molecule has 3 heterocycles. The minimum absolute atomic E-state index is 0.0280. The third-order valence-electron chi connectivity index (χ3n) is 4.69. The number of phenolic OH excluding ortho intramolecular Hbond substituents is 1. The Balaban J connectivity index is 1.56. The molecule has 2 atom stereocenters. The van der Waals surface area contributed by atoms with E-state index in [1.54, 1.807) is 13.1 Å². The monoisotopic (exact) mass is 427 g/mol. The first-order valence-electron chi connectivity index (χ1n) is 9.02. The molecule has 29 heavy (non-hydrogen) atoms. The van der Waals surface area contributed by atoms with E-state index >= 15 is 0 Å². The minimum atomic E-state index is -2.97. The summed E-state index contributed by atoms with van der Waals surface area (Å²) in [7, 11) is 1.88. The maximum atomic E-state index is 13.8. The average Bonchev–Trinajstić information content (AvgIpc) is 3.10. The Morgan fingerprint density at radius 2 is 2.14 bits per heavy atom. The van der Waals surface area contributed by atoms with E-state index in [1.807, 2.05) is 11.9 Å². The summed E-state index contributed by atoms with van der Waals surface area (Å²) in [5, 5.41) is 18.6. The van der Waals surface area contributed by atoms with Crippen molar-refractivity contribution in [3.05, 3.63) is 23.9 Å². The van der Waals surface area contributed by atoms with Gasteiger partial charge in [-0.05, 0) is 25.6 Å². The lowest BCUT2D eigenvalue weighted by molar-refractivity contribution is -0.0499. The zero-order valence-electron chi connectivity index (χ0n) is 15.8. The van der Waals surface area contributed by atoms with Crippen LogP contribution < -0.4 is 10.1 Å². The molecule has 1 aliphatic heterocycles. The van der Waals surface area contributed by atoms with Crippen LogP contribution in [0.4, 0.5) is 18.3 Å². The van der Waals surface area contributed by atoms with Crippen molar-refractivity contribution >= 4 is 26.8 Å². The number of benzene rings is 1. The van der Waals surface area contributed by atoms with Crippen molar-refractivity contribution in [3.63, 3.8) is 0 Å². The number of ether oxygens (including phenoxy) is 1. The van der Waals surface area contributed by atoms with Crippen LogP contribution in [0.1, 0.15) is 12.0 Å². The first kappa shape index (κ1) is 19.8. The smallest absolute Gasteiger partial charge is 0.387 e.